The largest absolute Gasteiger partial charge is 0.480 e. The summed E-state index contributed by atoms with van der Waals surface area (Å²) in [4.78, 5) is 10.2. The normalized spacial score (nSPS) is 14.3. The van der Waals surface area contributed by atoms with Gasteiger partial charge in [-0.15, -0.1) is 0 Å². The predicted octanol–water partition coefficient (Wildman–Crippen LogP) is 0.425. The van der Waals surface area contributed by atoms with E-state index in [0.717, 1.165) is 0 Å². The van der Waals surface area contributed by atoms with Crippen LogP contribution in [-0.4, -0.2) is 31.3 Å². The summed E-state index contributed by atoms with van der Waals surface area (Å²) in [6.07, 6.45) is 0.693. The number of hydrogen-bond acceptors (Lipinski definition) is 3. The highest BCUT2D eigenvalue weighted by Gasteiger charge is 2.18. The van der Waals surface area contributed by atoms with E-state index in [1.165, 1.54) is 0 Å². The molecule has 0 aliphatic carbocycles. The highest BCUT2D eigenvalue weighted by molar-refractivity contribution is 7.90. The molecular formula is C8H17NO4S. The summed E-state index contributed by atoms with van der Waals surface area (Å²) < 4.78 is 24.6. The number of nitrogens with one attached hydrogen (secondary N) is 1. The smallest absolute Gasteiger partial charge is 0.320 e. The van der Waals surface area contributed by atoms with Gasteiger partial charge in [-0.1, -0.05) is 13.8 Å². The van der Waals surface area contributed by atoms with E-state index in [1.807, 2.05) is 13.8 Å². The highest BCUT2D eigenvalue weighted by Crippen LogP contribution is 2.04. The molecule has 0 fully saturated rings. The van der Waals surface area contributed by atoms with Crippen molar-refractivity contribution in [3.63, 3.8) is 0 Å². The summed E-state index contributed by atoms with van der Waals surface area (Å²) in [6, 6.07) is -0.223. The Morgan fingerprint density at radius 2 is 1.86 bits per heavy atom. The second-order valence-corrected chi connectivity index (χ2v) is 5.56. The summed E-state index contributed by atoms with van der Waals surface area (Å²) >= 11 is 0. The van der Waals surface area contributed by atoms with E-state index in [4.69, 9.17) is 5.11 Å². The minimum absolute atomic E-state index is 0.223. The topological polar surface area (TPSA) is 83.5 Å². The Balaban J connectivity index is 4.16. The molecular weight excluding hydrogens is 206 g/mol. The number of sulfonamides is 1. The number of carboxylic acids is 1. The Labute approximate surface area is 84.6 Å². The number of aliphatic carboxylic acids is 1. The zero-order valence-corrected chi connectivity index (χ0v) is 9.47. The number of carboxylic acid groups (broad SMARTS) is 1. The summed E-state index contributed by atoms with van der Waals surface area (Å²) in [5.74, 6) is -1.83. The first-order valence-electron chi connectivity index (χ1n) is 4.44. The molecule has 6 heteroatoms. The van der Waals surface area contributed by atoms with Crippen molar-refractivity contribution < 1.29 is 18.3 Å². The molecule has 0 bridgehead atoms. The molecule has 14 heavy (non-hydrogen) atoms. The molecule has 0 aromatic rings. The van der Waals surface area contributed by atoms with E-state index < -0.39 is 21.7 Å². The lowest BCUT2D eigenvalue weighted by molar-refractivity contribution is -0.134. The molecule has 0 heterocycles. The fourth-order valence-electron chi connectivity index (χ4n) is 1.27. The molecule has 0 saturated carbocycles. The molecule has 1 unspecified atom stereocenters. The molecule has 0 aromatic heterocycles. The SMILES string of the molecule is CC(C)CC(C)NS(=O)(=O)CC(=O)O. The number of carbonyl (C=O) groups is 1. The van der Waals surface area contributed by atoms with Crippen LogP contribution in [0.15, 0.2) is 0 Å². The third-order valence-corrected chi connectivity index (χ3v) is 2.91. The number of rotatable bonds is 6. The zero-order valence-electron chi connectivity index (χ0n) is 8.65. The Hall–Kier alpha value is -0.620. The maximum atomic E-state index is 11.1. The van der Waals surface area contributed by atoms with Gasteiger partial charge in [-0.25, -0.2) is 13.1 Å². The monoisotopic (exact) mass is 223 g/mol. The number of hydrogen-bond donors (Lipinski definition) is 2. The molecule has 5 nitrogen and oxygen atoms in total. The van der Waals surface area contributed by atoms with Crippen LogP contribution in [0.1, 0.15) is 27.2 Å². The zero-order chi connectivity index (χ0) is 11.4. The third kappa shape index (κ3) is 6.85. The average molecular weight is 223 g/mol. The molecule has 0 spiro atoms. The lowest BCUT2D eigenvalue weighted by atomic mass is 10.1. The molecule has 2 N–H and O–H groups in total. The second-order valence-electron chi connectivity index (χ2n) is 3.80. The van der Waals surface area contributed by atoms with Gasteiger partial charge in [0.05, 0.1) is 0 Å². The van der Waals surface area contributed by atoms with Crippen LogP contribution in [0.3, 0.4) is 0 Å². The summed E-state index contributed by atoms with van der Waals surface area (Å²) in [6.45, 7) is 5.67. The van der Waals surface area contributed by atoms with Crippen molar-refractivity contribution in [3.8, 4) is 0 Å². The minimum atomic E-state index is -3.68. The molecule has 0 aliphatic heterocycles. The van der Waals surface area contributed by atoms with Crippen LogP contribution >= 0.6 is 0 Å². The van der Waals surface area contributed by atoms with Gasteiger partial charge in [-0.05, 0) is 19.3 Å². The molecule has 0 aliphatic rings. The van der Waals surface area contributed by atoms with Crippen LogP contribution in [0.25, 0.3) is 0 Å². The van der Waals surface area contributed by atoms with Crippen LogP contribution in [0.5, 0.6) is 0 Å². The molecule has 0 saturated heterocycles. The van der Waals surface area contributed by atoms with Crippen LogP contribution in [0, 0.1) is 5.92 Å². The van der Waals surface area contributed by atoms with Crippen LogP contribution in [-0.2, 0) is 14.8 Å². The predicted molar refractivity (Wildman–Crippen MR) is 53.5 cm³/mol. The van der Waals surface area contributed by atoms with Gasteiger partial charge in [0.15, 0.2) is 5.75 Å². The Bertz CT molecular complexity index is 284. The van der Waals surface area contributed by atoms with Crippen LogP contribution in [0.4, 0.5) is 0 Å². The molecule has 84 valence electrons. The van der Waals surface area contributed by atoms with E-state index in [0.29, 0.717) is 12.3 Å². The van der Waals surface area contributed by atoms with Gasteiger partial charge in [0, 0.05) is 6.04 Å². The fourth-order valence-corrected chi connectivity index (χ4v) is 2.38. The molecule has 0 amide bonds. The minimum Gasteiger partial charge on any atom is -0.480 e. The Kier molecular flexibility index (Phi) is 5.07. The molecule has 0 aromatic carbocycles. The van der Waals surface area contributed by atoms with Gasteiger partial charge in [0.1, 0.15) is 0 Å². The first kappa shape index (κ1) is 13.4. The van der Waals surface area contributed by atoms with Crippen LogP contribution < -0.4 is 4.72 Å². The molecule has 0 radical (unpaired) electrons. The first-order valence-corrected chi connectivity index (χ1v) is 6.10. The van der Waals surface area contributed by atoms with Crippen molar-refractivity contribution in [1.82, 2.24) is 4.72 Å². The van der Waals surface area contributed by atoms with Crippen molar-refractivity contribution in [2.24, 2.45) is 5.92 Å². The summed E-state index contributed by atoms with van der Waals surface area (Å²) in [7, 11) is -3.68. The van der Waals surface area contributed by atoms with Gasteiger partial charge in [-0.2, -0.15) is 0 Å². The lowest BCUT2D eigenvalue weighted by Gasteiger charge is -2.14. The summed E-state index contributed by atoms with van der Waals surface area (Å²) in [5.41, 5.74) is 0. The van der Waals surface area contributed by atoms with E-state index in [-0.39, 0.29) is 6.04 Å². The maximum absolute atomic E-state index is 11.1. The lowest BCUT2D eigenvalue weighted by Crippen LogP contribution is -2.37. The van der Waals surface area contributed by atoms with Crippen molar-refractivity contribution in [2.75, 3.05) is 5.75 Å². The Morgan fingerprint density at radius 1 is 1.36 bits per heavy atom. The van der Waals surface area contributed by atoms with Gasteiger partial charge in [0.2, 0.25) is 10.0 Å². The highest BCUT2D eigenvalue weighted by atomic mass is 32.2. The van der Waals surface area contributed by atoms with Gasteiger partial charge in [0.25, 0.3) is 0 Å². The van der Waals surface area contributed by atoms with E-state index in [1.54, 1.807) is 6.92 Å². The van der Waals surface area contributed by atoms with Crippen molar-refractivity contribution >= 4 is 16.0 Å². The third-order valence-electron chi connectivity index (χ3n) is 1.52. The van der Waals surface area contributed by atoms with Crippen molar-refractivity contribution in [2.45, 2.75) is 33.2 Å². The molecule has 0 rings (SSSR count). The van der Waals surface area contributed by atoms with Gasteiger partial charge < -0.3 is 5.11 Å². The second kappa shape index (κ2) is 5.31. The van der Waals surface area contributed by atoms with E-state index >= 15 is 0 Å². The fraction of sp³-hybridized carbons (Fsp3) is 0.875. The van der Waals surface area contributed by atoms with E-state index in [9.17, 15) is 13.2 Å². The average Bonchev–Trinajstić information content (AvgIpc) is 1.77. The van der Waals surface area contributed by atoms with Crippen molar-refractivity contribution in [3.05, 3.63) is 0 Å². The standard InChI is InChI=1S/C8H17NO4S/c1-6(2)4-7(3)9-14(12,13)5-8(10)11/h6-7,9H,4-5H2,1-3H3,(H,10,11). The van der Waals surface area contributed by atoms with E-state index in [2.05, 4.69) is 4.72 Å². The summed E-state index contributed by atoms with van der Waals surface area (Å²) in [5, 5.41) is 8.32. The van der Waals surface area contributed by atoms with Gasteiger partial charge in [-0.3, -0.25) is 4.79 Å². The van der Waals surface area contributed by atoms with Gasteiger partial charge >= 0.3 is 5.97 Å². The quantitative estimate of drug-likeness (QED) is 0.683. The van der Waals surface area contributed by atoms with Crippen LogP contribution in [0.2, 0.25) is 0 Å². The van der Waals surface area contributed by atoms with Crippen molar-refractivity contribution in [1.29, 1.82) is 0 Å². The molecule has 1 atom stereocenters. The maximum Gasteiger partial charge on any atom is 0.320 e. The Morgan fingerprint density at radius 3 is 2.21 bits per heavy atom. The first-order chi connectivity index (χ1) is 6.23.